The summed E-state index contributed by atoms with van der Waals surface area (Å²) in [5.74, 6) is -0.367. The van der Waals surface area contributed by atoms with Crippen molar-refractivity contribution < 1.29 is 9.53 Å². The zero-order valence-electron chi connectivity index (χ0n) is 15.5. The van der Waals surface area contributed by atoms with Crippen LogP contribution in [0.2, 0.25) is 0 Å². The minimum atomic E-state index is -0.367. The molecule has 0 aliphatic heterocycles. The third-order valence-electron chi connectivity index (χ3n) is 5.28. The summed E-state index contributed by atoms with van der Waals surface area (Å²) in [4.78, 5) is 30.3. The van der Waals surface area contributed by atoms with E-state index in [0.29, 0.717) is 10.2 Å². The number of nitrogens with zero attached hydrogens (tertiary/aromatic N) is 2. The second kappa shape index (κ2) is 7.27. The highest BCUT2D eigenvalue weighted by Crippen LogP contribution is 2.31. The molecule has 1 saturated carbocycles. The van der Waals surface area contributed by atoms with Crippen molar-refractivity contribution in [2.45, 2.75) is 52.2 Å². The number of aryl methyl sites for hydroxylation is 2. The predicted molar refractivity (Wildman–Crippen MR) is 107 cm³/mol. The van der Waals surface area contributed by atoms with Crippen LogP contribution in [0, 0.1) is 13.8 Å². The summed E-state index contributed by atoms with van der Waals surface area (Å²) in [5, 5.41) is 2.53. The van der Waals surface area contributed by atoms with Crippen molar-refractivity contribution in [1.82, 2.24) is 9.55 Å². The van der Waals surface area contributed by atoms with Gasteiger partial charge in [0.05, 0.1) is 11.7 Å². The van der Waals surface area contributed by atoms with E-state index in [4.69, 9.17) is 4.74 Å². The summed E-state index contributed by atoms with van der Waals surface area (Å²) < 4.78 is 6.84. The number of esters is 1. The topological polar surface area (TPSA) is 61.2 Å². The summed E-state index contributed by atoms with van der Waals surface area (Å²) in [5.41, 5.74) is 4.06. The van der Waals surface area contributed by atoms with Gasteiger partial charge < -0.3 is 4.74 Å². The van der Waals surface area contributed by atoms with Gasteiger partial charge in [-0.3, -0.25) is 14.2 Å². The van der Waals surface area contributed by atoms with Crippen molar-refractivity contribution in [3.63, 3.8) is 0 Å². The van der Waals surface area contributed by atoms with Crippen molar-refractivity contribution >= 4 is 27.5 Å². The van der Waals surface area contributed by atoms with Gasteiger partial charge in [-0.2, -0.15) is 0 Å². The van der Waals surface area contributed by atoms with Gasteiger partial charge >= 0.3 is 5.97 Å². The van der Waals surface area contributed by atoms with E-state index >= 15 is 0 Å². The highest BCUT2D eigenvalue weighted by molar-refractivity contribution is 7.17. The molecule has 4 rings (SSSR count). The Morgan fingerprint density at radius 2 is 2.04 bits per heavy atom. The Bertz CT molecular complexity index is 1060. The van der Waals surface area contributed by atoms with E-state index in [1.54, 1.807) is 0 Å². The smallest absolute Gasteiger partial charge is 0.326 e. The molecule has 0 N–H and O–H groups in total. The highest BCUT2D eigenvalue weighted by atomic mass is 32.1. The van der Waals surface area contributed by atoms with Crippen LogP contribution in [0.3, 0.4) is 0 Å². The zero-order chi connectivity index (χ0) is 19.0. The summed E-state index contributed by atoms with van der Waals surface area (Å²) in [7, 11) is 0. The molecule has 0 amide bonds. The monoisotopic (exact) mass is 382 g/mol. The average Bonchev–Trinajstić information content (AvgIpc) is 3.30. The minimum absolute atomic E-state index is 0.00265. The second-order valence-corrected chi connectivity index (χ2v) is 8.06. The molecule has 1 aromatic carbocycles. The fourth-order valence-electron chi connectivity index (χ4n) is 3.57. The Morgan fingerprint density at radius 3 is 2.78 bits per heavy atom. The predicted octanol–water partition coefficient (Wildman–Crippen LogP) is 4.23. The van der Waals surface area contributed by atoms with Gasteiger partial charge in [-0.15, -0.1) is 11.3 Å². The van der Waals surface area contributed by atoms with E-state index in [9.17, 15) is 9.59 Å². The summed E-state index contributed by atoms with van der Waals surface area (Å²) in [6.07, 6.45) is 5.47. The number of hydrogen-bond acceptors (Lipinski definition) is 5. The number of aromatic nitrogens is 2. The Balaban J connectivity index is 1.67. The number of carbonyl (C=O) groups excluding carboxylic acids is 1. The molecule has 0 unspecified atom stereocenters. The summed E-state index contributed by atoms with van der Waals surface area (Å²) in [6, 6.07) is 6.17. The van der Waals surface area contributed by atoms with E-state index in [1.807, 2.05) is 11.4 Å². The third-order valence-corrected chi connectivity index (χ3v) is 6.16. The molecule has 0 spiro atoms. The lowest BCUT2D eigenvalue weighted by atomic mass is 10.0. The van der Waals surface area contributed by atoms with E-state index in [0.717, 1.165) is 36.8 Å². The van der Waals surface area contributed by atoms with Gasteiger partial charge in [-0.25, -0.2) is 4.98 Å². The maximum atomic E-state index is 13.0. The lowest BCUT2D eigenvalue weighted by Crippen LogP contribution is -2.27. The molecule has 1 aliphatic rings. The Labute approximate surface area is 161 Å². The van der Waals surface area contributed by atoms with E-state index in [2.05, 4.69) is 31.0 Å². The van der Waals surface area contributed by atoms with Crippen LogP contribution in [-0.4, -0.2) is 21.6 Å². The van der Waals surface area contributed by atoms with Gasteiger partial charge in [0.15, 0.2) is 0 Å². The number of fused-ring (bicyclic) bond motifs is 1. The maximum absolute atomic E-state index is 13.0. The number of thiophene rings is 1. The van der Waals surface area contributed by atoms with Crippen LogP contribution >= 0.6 is 11.3 Å². The van der Waals surface area contributed by atoms with Crippen LogP contribution in [0.1, 0.15) is 36.8 Å². The van der Waals surface area contributed by atoms with Crippen molar-refractivity contribution in [3.05, 3.63) is 51.4 Å². The van der Waals surface area contributed by atoms with Gasteiger partial charge in [-0.1, -0.05) is 18.2 Å². The van der Waals surface area contributed by atoms with Crippen LogP contribution in [0.25, 0.3) is 21.3 Å². The van der Waals surface area contributed by atoms with Gasteiger partial charge in [0.2, 0.25) is 0 Å². The molecular formula is C21H22N2O3S. The first-order valence-corrected chi connectivity index (χ1v) is 10.1. The number of ether oxygens (including phenoxy) is 1. The van der Waals surface area contributed by atoms with Gasteiger partial charge in [-0.05, 0) is 56.2 Å². The molecule has 5 nitrogen and oxygen atoms in total. The molecule has 6 heteroatoms. The molecule has 1 fully saturated rings. The zero-order valence-corrected chi connectivity index (χ0v) is 16.3. The van der Waals surface area contributed by atoms with Gasteiger partial charge in [0.25, 0.3) is 5.56 Å². The van der Waals surface area contributed by atoms with E-state index in [1.165, 1.54) is 33.4 Å². The highest BCUT2D eigenvalue weighted by Gasteiger charge is 2.20. The standard InChI is InChI=1S/C21H22N2O3S/c1-13-7-8-15(9-14(13)2)17-11-27-20-19(17)21(25)23(12-22-20)10-18(24)26-16-5-3-4-6-16/h7-9,11-12,16H,3-6,10H2,1-2H3. The fourth-order valence-corrected chi connectivity index (χ4v) is 4.48. The lowest BCUT2D eigenvalue weighted by molar-refractivity contribution is -0.149. The molecule has 0 saturated heterocycles. The SMILES string of the molecule is Cc1ccc(-c2csc3ncn(CC(=O)OC4CCCC4)c(=O)c23)cc1C. The third kappa shape index (κ3) is 3.54. The van der Waals surface area contributed by atoms with Crippen molar-refractivity contribution in [2.24, 2.45) is 0 Å². The van der Waals surface area contributed by atoms with Crippen LogP contribution in [0.15, 0.2) is 34.7 Å². The molecule has 2 heterocycles. The number of rotatable bonds is 4. The minimum Gasteiger partial charge on any atom is -0.461 e. The van der Waals surface area contributed by atoms with Crippen LogP contribution in [0.4, 0.5) is 0 Å². The first kappa shape index (κ1) is 17.9. The van der Waals surface area contributed by atoms with Gasteiger partial charge in [0.1, 0.15) is 17.5 Å². The molecule has 3 aromatic rings. The number of hydrogen-bond donors (Lipinski definition) is 0. The second-order valence-electron chi connectivity index (χ2n) is 7.20. The number of carbonyl (C=O) groups is 1. The first-order valence-electron chi connectivity index (χ1n) is 9.26. The van der Waals surface area contributed by atoms with Crippen LogP contribution in [0.5, 0.6) is 0 Å². The largest absolute Gasteiger partial charge is 0.461 e. The van der Waals surface area contributed by atoms with E-state index < -0.39 is 0 Å². The molecule has 1 aliphatic carbocycles. The Hall–Kier alpha value is -2.47. The van der Waals surface area contributed by atoms with Crippen molar-refractivity contribution in [1.29, 1.82) is 0 Å². The molecular weight excluding hydrogens is 360 g/mol. The number of benzene rings is 1. The normalized spacial score (nSPS) is 14.7. The average molecular weight is 382 g/mol. The first-order chi connectivity index (χ1) is 13.0. The molecule has 0 atom stereocenters. The molecule has 140 valence electrons. The Morgan fingerprint density at radius 1 is 1.26 bits per heavy atom. The lowest BCUT2D eigenvalue weighted by Gasteiger charge is -2.12. The summed E-state index contributed by atoms with van der Waals surface area (Å²) >= 11 is 1.45. The summed E-state index contributed by atoms with van der Waals surface area (Å²) in [6.45, 7) is 4.03. The molecule has 0 bridgehead atoms. The van der Waals surface area contributed by atoms with Crippen LogP contribution in [-0.2, 0) is 16.1 Å². The van der Waals surface area contributed by atoms with Crippen molar-refractivity contribution in [3.8, 4) is 11.1 Å². The van der Waals surface area contributed by atoms with E-state index in [-0.39, 0.29) is 24.2 Å². The molecule has 0 radical (unpaired) electrons. The van der Waals surface area contributed by atoms with Crippen molar-refractivity contribution in [2.75, 3.05) is 0 Å². The Kier molecular flexibility index (Phi) is 4.83. The molecule has 2 aromatic heterocycles. The molecule has 27 heavy (non-hydrogen) atoms. The van der Waals surface area contributed by atoms with Crippen LogP contribution < -0.4 is 5.56 Å². The van der Waals surface area contributed by atoms with Gasteiger partial charge in [0, 0.05) is 10.9 Å². The quantitative estimate of drug-likeness (QED) is 0.634. The maximum Gasteiger partial charge on any atom is 0.326 e. The fraction of sp³-hybridized carbons (Fsp3) is 0.381.